The summed E-state index contributed by atoms with van der Waals surface area (Å²) in [6.07, 6.45) is 1.60. The van der Waals surface area contributed by atoms with Gasteiger partial charge in [0.25, 0.3) is 5.91 Å². The van der Waals surface area contributed by atoms with Crippen LogP contribution in [0.4, 0.5) is 5.95 Å². The Morgan fingerprint density at radius 2 is 1.91 bits per heavy atom. The predicted octanol–water partition coefficient (Wildman–Crippen LogP) is 1.40. The molecule has 176 valence electrons. The van der Waals surface area contributed by atoms with Gasteiger partial charge in [-0.2, -0.15) is 4.98 Å². The zero-order valence-electron chi connectivity index (χ0n) is 19.2. The van der Waals surface area contributed by atoms with Crippen molar-refractivity contribution in [2.45, 2.75) is 0 Å². The van der Waals surface area contributed by atoms with E-state index in [1.54, 1.807) is 6.20 Å². The number of likely N-dealkylation sites (N-methyl/N-ethyl adjacent to an activating group) is 1. The Kier molecular flexibility index (Phi) is 5.23. The summed E-state index contributed by atoms with van der Waals surface area (Å²) in [6, 6.07) is 7.94. The van der Waals surface area contributed by atoms with Crippen molar-refractivity contribution >= 4 is 49.3 Å². The number of pyridine rings is 1. The van der Waals surface area contributed by atoms with Crippen LogP contribution >= 0.6 is 11.3 Å². The van der Waals surface area contributed by atoms with E-state index in [-0.39, 0.29) is 16.9 Å². The Bertz CT molecular complexity index is 1470. The third-order valence-electron chi connectivity index (χ3n) is 7.01. The second-order valence-electron chi connectivity index (χ2n) is 9.33. The number of nitrogens with zero attached hydrogens (tertiary/aromatic N) is 5. The largest absolute Gasteiger partial charge is 0.351 e. The van der Waals surface area contributed by atoms with Crippen LogP contribution in [0.1, 0.15) is 10.4 Å². The normalized spacial score (nSPS) is 20.6. The molecule has 10 heteroatoms. The molecule has 0 saturated carbocycles. The number of hydrogen-bond acceptors (Lipinski definition) is 8. The molecule has 0 bridgehead atoms. The molecule has 0 spiro atoms. The first kappa shape index (κ1) is 21.5. The van der Waals surface area contributed by atoms with Crippen LogP contribution in [-0.2, 0) is 0 Å². The zero-order chi connectivity index (χ0) is 23.4. The van der Waals surface area contributed by atoms with Gasteiger partial charge in [0.1, 0.15) is 10.4 Å². The monoisotopic (exact) mass is 477 g/mol. The first-order chi connectivity index (χ1) is 16.5. The molecule has 2 N–H and O–H groups in total. The molecular formula is C24H27N7O2S. The van der Waals surface area contributed by atoms with Crippen molar-refractivity contribution in [2.75, 3.05) is 58.3 Å². The topological polar surface area (TPSA) is 94.9 Å². The standard InChI is InChI=1S/C24H27N7O2S/c1-25-7-8-26-22(33)19-20(32)16-9-27-24(30-12-14-10-29(2)11-15(14)13-30)28-21(16)31-17-5-3-4-6-18(17)34-23(19)31/h3-6,9,14-15,25H,7-8,10-13H2,1-2H3,(H,26,33). The number of amides is 1. The van der Waals surface area contributed by atoms with Crippen LogP contribution in [0.3, 0.4) is 0 Å². The molecule has 4 aromatic rings. The van der Waals surface area contributed by atoms with Crippen molar-refractivity contribution in [3.63, 3.8) is 0 Å². The minimum absolute atomic E-state index is 0.153. The molecule has 2 aliphatic rings. The summed E-state index contributed by atoms with van der Waals surface area (Å²) >= 11 is 1.44. The fourth-order valence-corrected chi connectivity index (χ4v) is 6.60. The van der Waals surface area contributed by atoms with Gasteiger partial charge in [0.2, 0.25) is 11.4 Å². The molecule has 0 radical (unpaired) electrons. The fourth-order valence-electron chi connectivity index (χ4n) is 5.42. The van der Waals surface area contributed by atoms with Crippen molar-refractivity contribution < 1.29 is 4.79 Å². The Morgan fingerprint density at radius 3 is 2.68 bits per heavy atom. The Morgan fingerprint density at radius 1 is 1.15 bits per heavy atom. The molecule has 2 unspecified atom stereocenters. The summed E-state index contributed by atoms with van der Waals surface area (Å²) in [6.45, 7) is 5.10. The molecule has 34 heavy (non-hydrogen) atoms. The van der Waals surface area contributed by atoms with Crippen LogP contribution in [0.2, 0.25) is 0 Å². The fraction of sp³-hybridized carbons (Fsp3) is 0.417. The SMILES string of the molecule is CNCCNC(=O)c1c(=O)c2cnc(N3CC4CN(C)CC4C3)nc2n2c1sc1ccccc12. The number of carbonyl (C=O) groups is 1. The van der Waals surface area contributed by atoms with Crippen molar-refractivity contribution in [1.82, 2.24) is 29.9 Å². The van der Waals surface area contributed by atoms with E-state index >= 15 is 0 Å². The van der Waals surface area contributed by atoms with Crippen LogP contribution in [0.5, 0.6) is 0 Å². The van der Waals surface area contributed by atoms with E-state index < -0.39 is 0 Å². The summed E-state index contributed by atoms with van der Waals surface area (Å²) in [7, 11) is 3.99. The minimum atomic E-state index is -0.369. The second kappa shape index (κ2) is 8.30. The Labute approximate surface area is 200 Å². The van der Waals surface area contributed by atoms with Gasteiger partial charge < -0.3 is 20.4 Å². The molecule has 9 nitrogen and oxygen atoms in total. The summed E-state index contributed by atoms with van der Waals surface area (Å²) < 4.78 is 2.96. The summed E-state index contributed by atoms with van der Waals surface area (Å²) in [5, 5.41) is 6.23. The van der Waals surface area contributed by atoms with Gasteiger partial charge >= 0.3 is 0 Å². The van der Waals surface area contributed by atoms with Gasteiger partial charge in [0, 0.05) is 45.5 Å². The van der Waals surface area contributed by atoms with E-state index in [1.165, 1.54) is 11.3 Å². The molecule has 0 aliphatic carbocycles. The lowest BCUT2D eigenvalue weighted by atomic mass is 10.0. The van der Waals surface area contributed by atoms with Crippen LogP contribution in [0, 0.1) is 11.8 Å². The van der Waals surface area contributed by atoms with E-state index in [2.05, 4.69) is 32.5 Å². The first-order valence-electron chi connectivity index (χ1n) is 11.6. The molecule has 2 saturated heterocycles. The lowest BCUT2D eigenvalue weighted by Gasteiger charge is -2.19. The number of likely N-dealkylation sites (tertiary alicyclic amines) is 1. The van der Waals surface area contributed by atoms with Gasteiger partial charge in [-0.15, -0.1) is 11.3 Å². The minimum Gasteiger partial charge on any atom is -0.351 e. The lowest BCUT2D eigenvalue weighted by Crippen LogP contribution is -2.34. The Balaban J connectivity index is 1.52. The van der Waals surface area contributed by atoms with Crippen LogP contribution in [0.25, 0.3) is 26.1 Å². The van der Waals surface area contributed by atoms with Crippen molar-refractivity contribution in [1.29, 1.82) is 0 Å². The molecule has 2 atom stereocenters. The van der Waals surface area contributed by atoms with E-state index in [9.17, 15) is 9.59 Å². The lowest BCUT2D eigenvalue weighted by molar-refractivity contribution is 0.0955. The van der Waals surface area contributed by atoms with Crippen molar-refractivity contribution in [2.24, 2.45) is 11.8 Å². The summed E-state index contributed by atoms with van der Waals surface area (Å²) in [5.41, 5.74) is 1.32. The molecule has 1 aromatic carbocycles. The number of rotatable bonds is 5. The maximum atomic E-state index is 13.5. The molecule has 2 fully saturated rings. The van der Waals surface area contributed by atoms with Crippen LogP contribution in [-0.4, -0.2) is 78.5 Å². The van der Waals surface area contributed by atoms with Gasteiger partial charge in [-0.3, -0.25) is 14.0 Å². The number of hydrogen-bond donors (Lipinski definition) is 2. The third kappa shape index (κ3) is 3.36. The van der Waals surface area contributed by atoms with Crippen LogP contribution < -0.4 is 21.0 Å². The number of nitrogens with one attached hydrogen (secondary N) is 2. The van der Waals surface area contributed by atoms with Crippen molar-refractivity contribution in [3.8, 4) is 0 Å². The molecular weight excluding hydrogens is 450 g/mol. The van der Waals surface area contributed by atoms with E-state index in [1.807, 2.05) is 35.7 Å². The number of aromatic nitrogens is 3. The molecule has 2 aliphatic heterocycles. The predicted molar refractivity (Wildman–Crippen MR) is 135 cm³/mol. The van der Waals surface area contributed by atoms with Gasteiger partial charge in [-0.1, -0.05) is 12.1 Å². The van der Waals surface area contributed by atoms with Gasteiger partial charge in [0.05, 0.1) is 15.6 Å². The third-order valence-corrected chi connectivity index (χ3v) is 8.15. The van der Waals surface area contributed by atoms with Gasteiger partial charge in [-0.25, -0.2) is 4.98 Å². The molecule has 3 aromatic heterocycles. The number of benzene rings is 1. The highest BCUT2D eigenvalue weighted by molar-refractivity contribution is 7.24. The maximum absolute atomic E-state index is 13.5. The highest BCUT2D eigenvalue weighted by Gasteiger charge is 2.39. The smallest absolute Gasteiger partial charge is 0.258 e. The maximum Gasteiger partial charge on any atom is 0.258 e. The van der Waals surface area contributed by atoms with Crippen molar-refractivity contribution in [3.05, 3.63) is 46.2 Å². The van der Waals surface area contributed by atoms with E-state index in [0.29, 0.717) is 46.7 Å². The zero-order valence-corrected chi connectivity index (χ0v) is 20.1. The van der Waals surface area contributed by atoms with Gasteiger partial charge in [0.15, 0.2) is 5.65 Å². The highest BCUT2D eigenvalue weighted by Crippen LogP contribution is 2.34. The highest BCUT2D eigenvalue weighted by atomic mass is 32.1. The molecule has 1 amide bonds. The molecule has 6 rings (SSSR count). The number of carbonyl (C=O) groups excluding carboxylic acids is 1. The number of para-hydroxylation sites is 1. The quantitative estimate of drug-likeness (QED) is 0.420. The van der Waals surface area contributed by atoms with Crippen LogP contribution in [0.15, 0.2) is 35.3 Å². The number of anilines is 1. The average molecular weight is 478 g/mol. The average Bonchev–Trinajstić information content (AvgIpc) is 3.49. The Hall–Kier alpha value is -3.08. The number of fused-ring (bicyclic) bond motifs is 6. The molecule has 5 heterocycles. The van der Waals surface area contributed by atoms with E-state index in [0.717, 1.165) is 36.4 Å². The summed E-state index contributed by atoms with van der Waals surface area (Å²) in [4.78, 5) is 41.4. The second-order valence-corrected chi connectivity index (χ2v) is 10.4. The number of thiazole rings is 1. The first-order valence-corrected chi connectivity index (χ1v) is 12.5. The van der Waals surface area contributed by atoms with E-state index in [4.69, 9.17) is 4.98 Å². The van der Waals surface area contributed by atoms with Gasteiger partial charge in [-0.05, 0) is 38.1 Å². The summed E-state index contributed by atoms with van der Waals surface area (Å²) in [5.74, 6) is 1.53.